The number of hydrogen-bond acceptors (Lipinski definition) is 6. The zero-order valence-electron chi connectivity index (χ0n) is 20.2. The van der Waals surface area contributed by atoms with Crippen LogP contribution in [-0.2, 0) is 6.61 Å². The average Bonchev–Trinajstić information content (AvgIpc) is 3.24. The lowest BCUT2D eigenvalue weighted by molar-refractivity contribution is 0.0190. The Morgan fingerprint density at radius 1 is 1.17 bits per heavy atom. The number of nitrogens with zero attached hydrogens (tertiary/aromatic N) is 4. The number of fused-ring (bicyclic) bond motifs is 3. The van der Waals surface area contributed by atoms with E-state index in [9.17, 15) is 5.11 Å². The smallest absolute Gasteiger partial charge is 0.242 e. The number of rotatable bonds is 7. The second-order valence-corrected chi connectivity index (χ2v) is 10.3. The maximum atomic E-state index is 9.81. The first-order valence-corrected chi connectivity index (χ1v) is 12.9. The molecule has 2 fully saturated rings. The van der Waals surface area contributed by atoms with E-state index in [0.717, 1.165) is 45.8 Å². The Kier molecular flexibility index (Phi) is 6.12. The van der Waals surface area contributed by atoms with Gasteiger partial charge in [0.1, 0.15) is 6.10 Å². The van der Waals surface area contributed by atoms with Gasteiger partial charge >= 0.3 is 0 Å². The van der Waals surface area contributed by atoms with Crippen molar-refractivity contribution >= 4 is 33.3 Å². The van der Waals surface area contributed by atoms with E-state index in [-0.39, 0.29) is 18.8 Å². The summed E-state index contributed by atoms with van der Waals surface area (Å²) >= 11 is 6.35. The fourth-order valence-corrected chi connectivity index (χ4v) is 6.36. The van der Waals surface area contributed by atoms with Crippen molar-refractivity contribution in [3.63, 3.8) is 0 Å². The third-order valence-corrected chi connectivity index (χ3v) is 8.42. The maximum absolute atomic E-state index is 9.81. The predicted molar refractivity (Wildman–Crippen MR) is 142 cm³/mol. The SMILES string of the molecule is C=C[C@H]1CC2[C@H]1CCN2C(C)[C@H](Oc1nnc(Cl)c2ccccc12)c1ccnc2ccc(CO)cc12. The van der Waals surface area contributed by atoms with Gasteiger partial charge in [0.2, 0.25) is 5.88 Å². The van der Waals surface area contributed by atoms with Crippen LogP contribution in [0.1, 0.15) is 37.0 Å². The van der Waals surface area contributed by atoms with E-state index in [0.29, 0.717) is 28.9 Å². The third-order valence-electron chi connectivity index (χ3n) is 8.14. The molecule has 1 N–H and O–H groups in total. The Bertz CT molecular complexity index is 1440. The lowest BCUT2D eigenvalue weighted by atomic mass is 9.69. The van der Waals surface area contributed by atoms with E-state index in [1.54, 1.807) is 0 Å². The van der Waals surface area contributed by atoms with Gasteiger partial charge in [-0.2, -0.15) is 0 Å². The van der Waals surface area contributed by atoms with Crippen LogP contribution in [0.5, 0.6) is 5.88 Å². The molecule has 0 bridgehead atoms. The lowest BCUT2D eigenvalue weighted by Crippen LogP contribution is -2.50. The first kappa shape index (κ1) is 23.3. The summed E-state index contributed by atoms with van der Waals surface area (Å²) in [7, 11) is 0. The molecule has 5 atom stereocenters. The molecule has 6 rings (SSSR count). The molecule has 1 aliphatic carbocycles. The molecule has 0 spiro atoms. The quantitative estimate of drug-likeness (QED) is 0.327. The predicted octanol–water partition coefficient (Wildman–Crippen LogP) is 5.73. The van der Waals surface area contributed by atoms with Crippen molar-refractivity contribution in [2.75, 3.05) is 6.54 Å². The molecule has 4 aromatic rings. The Balaban J connectivity index is 1.45. The van der Waals surface area contributed by atoms with Crippen molar-refractivity contribution < 1.29 is 9.84 Å². The second-order valence-electron chi connectivity index (χ2n) is 9.92. The van der Waals surface area contributed by atoms with Crippen LogP contribution in [0.2, 0.25) is 5.15 Å². The van der Waals surface area contributed by atoms with Crippen molar-refractivity contribution in [2.24, 2.45) is 11.8 Å². The molecule has 184 valence electrons. The molecule has 7 heteroatoms. The van der Waals surface area contributed by atoms with E-state index < -0.39 is 0 Å². The topological polar surface area (TPSA) is 71.4 Å². The van der Waals surface area contributed by atoms with E-state index in [2.05, 4.69) is 39.7 Å². The summed E-state index contributed by atoms with van der Waals surface area (Å²) in [6, 6.07) is 16.3. The van der Waals surface area contributed by atoms with Crippen LogP contribution in [-0.4, -0.2) is 43.8 Å². The maximum Gasteiger partial charge on any atom is 0.242 e. The van der Waals surface area contributed by atoms with E-state index in [1.807, 2.05) is 54.7 Å². The van der Waals surface area contributed by atoms with Crippen LogP contribution >= 0.6 is 11.6 Å². The van der Waals surface area contributed by atoms with Crippen molar-refractivity contribution in [1.29, 1.82) is 0 Å². The molecular formula is C29H29ClN4O2. The summed E-state index contributed by atoms with van der Waals surface area (Å²) in [4.78, 5) is 7.16. The fraction of sp³-hybridized carbons (Fsp3) is 0.345. The van der Waals surface area contributed by atoms with Gasteiger partial charge < -0.3 is 9.84 Å². The number of aromatic nitrogens is 3. The summed E-state index contributed by atoms with van der Waals surface area (Å²) in [5, 5.41) is 21.3. The van der Waals surface area contributed by atoms with Crippen LogP contribution in [0.3, 0.4) is 0 Å². The number of allylic oxidation sites excluding steroid dienone is 1. The van der Waals surface area contributed by atoms with Crippen LogP contribution in [0.25, 0.3) is 21.7 Å². The van der Waals surface area contributed by atoms with E-state index in [1.165, 1.54) is 6.42 Å². The van der Waals surface area contributed by atoms with Crippen LogP contribution in [0.15, 0.2) is 67.4 Å². The zero-order valence-corrected chi connectivity index (χ0v) is 21.0. The molecular weight excluding hydrogens is 472 g/mol. The van der Waals surface area contributed by atoms with Gasteiger partial charge in [0.15, 0.2) is 5.15 Å². The summed E-state index contributed by atoms with van der Waals surface area (Å²) in [5.41, 5.74) is 2.73. The molecule has 2 aromatic heterocycles. The largest absolute Gasteiger partial charge is 0.466 e. The number of aliphatic hydroxyl groups is 1. The van der Waals surface area contributed by atoms with Crippen molar-refractivity contribution in [3.8, 4) is 5.88 Å². The minimum absolute atomic E-state index is 0.0303. The van der Waals surface area contributed by atoms with Crippen LogP contribution in [0, 0.1) is 11.8 Å². The number of halogens is 1. The van der Waals surface area contributed by atoms with Gasteiger partial charge in [-0.05, 0) is 68.0 Å². The Morgan fingerprint density at radius 2 is 2.00 bits per heavy atom. The minimum atomic E-state index is -0.329. The summed E-state index contributed by atoms with van der Waals surface area (Å²) in [6.07, 6.45) is 5.93. The van der Waals surface area contributed by atoms with Gasteiger partial charge in [0.05, 0.1) is 12.1 Å². The second kappa shape index (κ2) is 9.43. The highest BCUT2D eigenvalue weighted by molar-refractivity contribution is 6.34. The number of benzene rings is 2. The number of pyridine rings is 1. The molecule has 1 aliphatic heterocycles. The zero-order chi connectivity index (χ0) is 24.8. The minimum Gasteiger partial charge on any atom is -0.466 e. The van der Waals surface area contributed by atoms with E-state index >= 15 is 0 Å². The highest BCUT2D eigenvalue weighted by atomic mass is 35.5. The molecule has 1 saturated carbocycles. The number of aliphatic hydroxyl groups excluding tert-OH is 1. The van der Waals surface area contributed by atoms with Gasteiger partial charge in [-0.3, -0.25) is 9.88 Å². The molecule has 3 heterocycles. The van der Waals surface area contributed by atoms with Gasteiger partial charge in [0, 0.05) is 40.0 Å². The highest BCUT2D eigenvalue weighted by Gasteiger charge is 2.49. The summed E-state index contributed by atoms with van der Waals surface area (Å²) in [6.45, 7) is 7.28. The molecule has 2 unspecified atom stereocenters. The molecule has 2 aromatic carbocycles. The fourth-order valence-electron chi connectivity index (χ4n) is 6.16. The molecule has 0 amide bonds. The number of ether oxygens (including phenoxy) is 1. The van der Waals surface area contributed by atoms with Crippen LogP contribution in [0.4, 0.5) is 0 Å². The summed E-state index contributed by atoms with van der Waals surface area (Å²) < 4.78 is 6.80. The molecule has 6 nitrogen and oxygen atoms in total. The standard InChI is InChI=1S/C29H29ClN4O2/c1-3-19-15-26-20(19)11-13-34(26)17(2)27(21-10-12-31-25-9-8-18(16-35)14-24(21)25)36-29-23-7-5-4-6-22(23)28(30)32-33-29/h3-10,12,14,17,19-20,26-27,35H,1,11,13,15-16H2,2H3/t17?,19-,20-,26?,27-/m0/s1. The monoisotopic (exact) mass is 500 g/mol. The first-order valence-electron chi connectivity index (χ1n) is 12.5. The van der Waals surface area contributed by atoms with Crippen LogP contribution < -0.4 is 4.74 Å². The number of likely N-dealkylation sites (tertiary alicyclic amines) is 1. The normalized spacial score (nSPS) is 23.2. The first-order chi connectivity index (χ1) is 17.6. The van der Waals surface area contributed by atoms with Gasteiger partial charge in [0.25, 0.3) is 0 Å². The Hall–Kier alpha value is -3.06. The highest BCUT2D eigenvalue weighted by Crippen LogP contribution is 2.48. The Morgan fingerprint density at radius 3 is 2.81 bits per heavy atom. The summed E-state index contributed by atoms with van der Waals surface area (Å²) in [5.74, 6) is 1.73. The lowest BCUT2D eigenvalue weighted by Gasteiger charge is -2.45. The van der Waals surface area contributed by atoms with Gasteiger partial charge in [-0.25, -0.2) is 0 Å². The van der Waals surface area contributed by atoms with Gasteiger partial charge in [-0.15, -0.1) is 16.8 Å². The van der Waals surface area contributed by atoms with Gasteiger partial charge in [-0.1, -0.05) is 41.9 Å². The van der Waals surface area contributed by atoms with Crippen molar-refractivity contribution in [3.05, 3.63) is 83.7 Å². The molecule has 1 saturated heterocycles. The molecule has 0 radical (unpaired) electrons. The number of hydrogen-bond donors (Lipinski definition) is 1. The van der Waals surface area contributed by atoms with Crippen molar-refractivity contribution in [1.82, 2.24) is 20.1 Å². The average molecular weight is 501 g/mol. The molecule has 2 aliphatic rings. The third kappa shape index (κ3) is 3.84. The molecule has 36 heavy (non-hydrogen) atoms. The van der Waals surface area contributed by atoms with E-state index in [4.69, 9.17) is 16.3 Å². The van der Waals surface area contributed by atoms with Crippen molar-refractivity contribution in [2.45, 2.75) is 44.6 Å². The Labute approximate surface area is 215 Å².